The lowest BCUT2D eigenvalue weighted by Crippen LogP contribution is -2.05. The number of aliphatic hydroxyl groups excluding tert-OH is 1. The number of ketones is 1. The van der Waals surface area contributed by atoms with E-state index in [9.17, 15) is 14.7 Å². The lowest BCUT2D eigenvalue weighted by Gasteiger charge is -2.07. The van der Waals surface area contributed by atoms with Crippen molar-refractivity contribution < 1.29 is 28.9 Å². The van der Waals surface area contributed by atoms with Crippen LogP contribution in [0.25, 0.3) is 5.76 Å². The first-order valence-corrected chi connectivity index (χ1v) is 12.6. The monoisotopic (exact) mass is 494 g/mol. The van der Waals surface area contributed by atoms with Gasteiger partial charge in [-0.1, -0.05) is 45.1 Å². The first kappa shape index (κ1) is 28.7. The van der Waals surface area contributed by atoms with Crippen molar-refractivity contribution in [2.45, 2.75) is 58.3 Å². The fourth-order valence-corrected chi connectivity index (χ4v) is 3.51. The van der Waals surface area contributed by atoms with Crippen molar-refractivity contribution in [1.82, 2.24) is 0 Å². The highest BCUT2D eigenvalue weighted by Gasteiger charge is 2.07. The summed E-state index contributed by atoms with van der Waals surface area (Å²) in [7, 11) is 1.57. The van der Waals surface area contributed by atoms with E-state index >= 15 is 0 Å². The zero-order valence-corrected chi connectivity index (χ0v) is 21.5. The summed E-state index contributed by atoms with van der Waals surface area (Å²) in [5.74, 6) is 0.734. The first-order valence-electron chi connectivity index (χ1n) is 12.6. The van der Waals surface area contributed by atoms with Crippen LogP contribution < -0.4 is 9.47 Å². The molecule has 1 N–H and O–H groups in total. The maximum Gasteiger partial charge on any atom is 0.333 e. The van der Waals surface area contributed by atoms with Crippen molar-refractivity contribution in [3.05, 3.63) is 77.9 Å². The Hall–Kier alpha value is -3.54. The molecular weight excluding hydrogens is 456 g/mol. The molecule has 2 rings (SSSR count). The topological polar surface area (TPSA) is 82.1 Å². The molecule has 0 bridgehead atoms. The lowest BCUT2D eigenvalue weighted by atomic mass is 10.1. The van der Waals surface area contributed by atoms with Crippen molar-refractivity contribution in [1.29, 1.82) is 0 Å². The smallest absolute Gasteiger partial charge is 0.333 e. The van der Waals surface area contributed by atoms with Gasteiger partial charge in [-0.3, -0.25) is 4.79 Å². The Morgan fingerprint density at radius 1 is 0.778 bits per heavy atom. The molecule has 0 saturated heterocycles. The second-order valence-corrected chi connectivity index (χ2v) is 8.74. The van der Waals surface area contributed by atoms with E-state index in [2.05, 4.69) is 6.58 Å². The largest absolute Gasteiger partial charge is 0.507 e. The van der Waals surface area contributed by atoms with E-state index in [0.717, 1.165) is 37.9 Å². The molecule has 0 spiro atoms. The Morgan fingerprint density at radius 2 is 1.28 bits per heavy atom. The van der Waals surface area contributed by atoms with Crippen LogP contribution in [-0.2, 0) is 9.53 Å². The molecule has 0 unspecified atom stereocenters. The lowest BCUT2D eigenvalue weighted by molar-refractivity contribution is -0.139. The minimum atomic E-state index is -0.306. The molecule has 0 aromatic heterocycles. The van der Waals surface area contributed by atoms with E-state index in [1.807, 2.05) is 0 Å². The SMILES string of the molecule is C=C(C)C(=O)OCCCCCCCCCCOc1ccc(C(=O)/C=C(\O)c2ccc(OC)cc2)cc1. The van der Waals surface area contributed by atoms with Gasteiger partial charge in [0, 0.05) is 22.8 Å². The highest BCUT2D eigenvalue weighted by molar-refractivity contribution is 6.07. The molecule has 2 aromatic carbocycles. The van der Waals surface area contributed by atoms with E-state index in [4.69, 9.17) is 14.2 Å². The molecule has 0 heterocycles. The van der Waals surface area contributed by atoms with Crippen LogP contribution in [0.4, 0.5) is 0 Å². The van der Waals surface area contributed by atoms with Gasteiger partial charge in [0.25, 0.3) is 0 Å². The minimum Gasteiger partial charge on any atom is -0.507 e. The van der Waals surface area contributed by atoms with Gasteiger partial charge >= 0.3 is 5.97 Å². The van der Waals surface area contributed by atoms with Gasteiger partial charge in [-0.25, -0.2) is 4.79 Å². The third-order valence-corrected chi connectivity index (χ3v) is 5.68. The van der Waals surface area contributed by atoms with Crippen molar-refractivity contribution in [3.8, 4) is 11.5 Å². The maximum absolute atomic E-state index is 12.4. The number of esters is 1. The first-order chi connectivity index (χ1) is 17.4. The molecule has 36 heavy (non-hydrogen) atoms. The van der Waals surface area contributed by atoms with Crippen LogP contribution in [0.15, 0.2) is 66.8 Å². The van der Waals surface area contributed by atoms with Crippen LogP contribution in [0.1, 0.15) is 74.2 Å². The van der Waals surface area contributed by atoms with Crippen molar-refractivity contribution in [2.24, 2.45) is 0 Å². The molecule has 0 aliphatic rings. The highest BCUT2D eigenvalue weighted by Crippen LogP contribution is 2.19. The summed E-state index contributed by atoms with van der Waals surface area (Å²) in [6.45, 7) is 6.33. The van der Waals surface area contributed by atoms with E-state index in [1.54, 1.807) is 62.6 Å². The Morgan fingerprint density at radius 3 is 1.83 bits per heavy atom. The molecule has 0 radical (unpaired) electrons. The summed E-state index contributed by atoms with van der Waals surface area (Å²) in [5.41, 5.74) is 1.48. The van der Waals surface area contributed by atoms with Crippen LogP contribution in [0.5, 0.6) is 11.5 Å². The molecule has 0 aliphatic heterocycles. The van der Waals surface area contributed by atoms with E-state index in [1.165, 1.54) is 25.3 Å². The number of hydrogen-bond acceptors (Lipinski definition) is 6. The van der Waals surface area contributed by atoms with Crippen molar-refractivity contribution in [2.75, 3.05) is 20.3 Å². The standard InChI is InChI=1S/C30H38O6/c1-23(2)30(33)36-21-11-9-7-5-4-6-8-10-20-35-27-18-14-25(15-19-27)29(32)22-28(31)24-12-16-26(34-3)17-13-24/h12-19,22,31H,1,4-11,20-21H2,2-3H3/b28-22-. The maximum atomic E-state index is 12.4. The van der Waals surface area contributed by atoms with E-state index in [0.29, 0.717) is 35.7 Å². The fourth-order valence-electron chi connectivity index (χ4n) is 3.51. The highest BCUT2D eigenvalue weighted by atomic mass is 16.5. The molecule has 194 valence electrons. The number of carbonyl (C=O) groups excluding carboxylic acids is 2. The summed E-state index contributed by atoms with van der Waals surface area (Å²) in [4.78, 5) is 23.7. The fraction of sp³-hybridized carbons (Fsp3) is 0.400. The Bertz CT molecular complexity index is 989. The molecule has 0 saturated carbocycles. The third kappa shape index (κ3) is 10.8. The number of methoxy groups -OCH3 is 1. The van der Waals surface area contributed by atoms with Crippen LogP contribution in [0.2, 0.25) is 0 Å². The van der Waals surface area contributed by atoms with Gasteiger partial charge in [0.2, 0.25) is 0 Å². The third-order valence-electron chi connectivity index (χ3n) is 5.68. The summed E-state index contributed by atoms with van der Waals surface area (Å²) < 4.78 is 16.0. The Labute approximate surface area is 214 Å². The number of hydrogen-bond donors (Lipinski definition) is 1. The number of carbonyl (C=O) groups is 2. The Kier molecular flexibility index (Phi) is 12.9. The average Bonchev–Trinajstić information content (AvgIpc) is 2.89. The zero-order chi connectivity index (χ0) is 26.2. The predicted molar refractivity (Wildman–Crippen MR) is 143 cm³/mol. The van der Waals surface area contributed by atoms with E-state index in [-0.39, 0.29) is 17.5 Å². The predicted octanol–water partition coefficient (Wildman–Crippen LogP) is 7.10. The molecule has 0 aliphatic carbocycles. The Balaban J connectivity index is 1.57. The van der Waals surface area contributed by atoms with Crippen LogP contribution in [0.3, 0.4) is 0 Å². The van der Waals surface area contributed by atoms with Gasteiger partial charge in [0.05, 0.1) is 20.3 Å². The number of benzene rings is 2. The molecule has 6 heteroatoms. The van der Waals surface area contributed by atoms with Crippen LogP contribution in [0, 0.1) is 0 Å². The van der Waals surface area contributed by atoms with Gasteiger partial charge < -0.3 is 19.3 Å². The van der Waals surface area contributed by atoms with Gasteiger partial charge in [-0.15, -0.1) is 0 Å². The molecule has 2 aromatic rings. The zero-order valence-electron chi connectivity index (χ0n) is 21.5. The van der Waals surface area contributed by atoms with Gasteiger partial charge in [-0.2, -0.15) is 0 Å². The van der Waals surface area contributed by atoms with Gasteiger partial charge in [-0.05, 0) is 68.3 Å². The second kappa shape index (κ2) is 16.2. The van der Waals surface area contributed by atoms with E-state index < -0.39 is 0 Å². The average molecular weight is 495 g/mol. The quantitative estimate of drug-likeness (QED) is 0.0831. The number of rotatable bonds is 17. The minimum absolute atomic E-state index is 0.0907. The number of allylic oxidation sites excluding steroid dienone is 1. The van der Waals surface area contributed by atoms with Gasteiger partial charge in [0.1, 0.15) is 17.3 Å². The summed E-state index contributed by atoms with van der Waals surface area (Å²) >= 11 is 0. The number of unbranched alkanes of at least 4 members (excludes halogenated alkanes) is 7. The van der Waals surface area contributed by atoms with Gasteiger partial charge in [0.15, 0.2) is 5.78 Å². The summed E-state index contributed by atoms with van der Waals surface area (Å²) in [5, 5.41) is 10.2. The second-order valence-electron chi connectivity index (χ2n) is 8.74. The molecule has 0 amide bonds. The van der Waals surface area contributed by atoms with Crippen molar-refractivity contribution in [3.63, 3.8) is 0 Å². The number of aliphatic hydroxyl groups is 1. The molecule has 0 fully saturated rings. The normalized spacial score (nSPS) is 11.1. The summed E-state index contributed by atoms with van der Waals surface area (Å²) in [6, 6.07) is 13.8. The number of ether oxygens (including phenoxy) is 3. The molecular formula is C30H38O6. The van der Waals surface area contributed by atoms with Crippen LogP contribution in [-0.4, -0.2) is 37.2 Å². The molecule has 6 nitrogen and oxygen atoms in total. The molecule has 0 atom stereocenters. The van der Waals surface area contributed by atoms with Crippen LogP contribution >= 0.6 is 0 Å². The summed E-state index contributed by atoms with van der Waals surface area (Å²) in [6.07, 6.45) is 9.99. The van der Waals surface area contributed by atoms with Crippen molar-refractivity contribution >= 4 is 17.5 Å².